The van der Waals surface area contributed by atoms with Crippen LogP contribution in [0.3, 0.4) is 0 Å². The standard InChI is InChI=1S/C11H10BrNOS/c1-14-9-3-2-7(13)6-8(9)10-4-5-11(12)15-10/h2-6H,13H2,1H3. The quantitative estimate of drug-likeness (QED) is 0.852. The fraction of sp³-hybridized carbons (Fsp3) is 0.0909. The molecule has 78 valence electrons. The van der Waals surface area contributed by atoms with E-state index in [1.807, 2.05) is 30.3 Å². The summed E-state index contributed by atoms with van der Waals surface area (Å²) < 4.78 is 6.40. The number of halogens is 1. The number of methoxy groups -OCH3 is 1. The summed E-state index contributed by atoms with van der Waals surface area (Å²) in [4.78, 5) is 1.14. The van der Waals surface area contributed by atoms with E-state index >= 15 is 0 Å². The first-order valence-electron chi connectivity index (χ1n) is 4.40. The summed E-state index contributed by atoms with van der Waals surface area (Å²) in [7, 11) is 1.66. The van der Waals surface area contributed by atoms with Crippen molar-refractivity contribution in [2.45, 2.75) is 0 Å². The van der Waals surface area contributed by atoms with Gasteiger partial charge in [-0.25, -0.2) is 0 Å². The second-order valence-electron chi connectivity index (χ2n) is 3.06. The Labute approximate surface area is 101 Å². The van der Waals surface area contributed by atoms with Crippen LogP contribution in [0.4, 0.5) is 5.69 Å². The zero-order valence-corrected chi connectivity index (χ0v) is 10.6. The van der Waals surface area contributed by atoms with Crippen LogP contribution in [-0.4, -0.2) is 7.11 Å². The zero-order valence-electron chi connectivity index (χ0n) is 8.16. The number of benzene rings is 1. The molecule has 0 bridgehead atoms. The van der Waals surface area contributed by atoms with Gasteiger partial charge in [-0.2, -0.15) is 0 Å². The van der Waals surface area contributed by atoms with Crippen molar-refractivity contribution in [3.8, 4) is 16.2 Å². The maximum Gasteiger partial charge on any atom is 0.127 e. The van der Waals surface area contributed by atoms with Crippen molar-refractivity contribution in [1.82, 2.24) is 0 Å². The molecule has 4 heteroatoms. The lowest BCUT2D eigenvalue weighted by Gasteiger charge is -2.07. The highest BCUT2D eigenvalue weighted by Gasteiger charge is 2.08. The number of hydrogen-bond acceptors (Lipinski definition) is 3. The molecule has 0 unspecified atom stereocenters. The van der Waals surface area contributed by atoms with Crippen molar-refractivity contribution in [3.05, 3.63) is 34.1 Å². The van der Waals surface area contributed by atoms with Gasteiger partial charge in [0, 0.05) is 16.1 Å². The maximum atomic E-state index is 5.76. The van der Waals surface area contributed by atoms with Gasteiger partial charge in [0.2, 0.25) is 0 Å². The molecule has 0 atom stereocenters. The number of thiophene rings is 1. The van der Waals surface area contributed by atoms with Gasteiger partial charge in [-0.15, -0.1) is 11.3 Å². The molecule has 1 aromatic heterocycles. The van der Waals surface area contributed by atoms with Crippen LogP contribution in [0.2, 0.25) is 0 Å². The lowest BCUT2D eigenvalue weighted by molar-refractivity contribution is 0.416. The molecule has 0 amide bonds. The van der Waals surface area contributed by atoms with Gasteiger partial charge in [0.1, 0.15) is 5.75 Å². The number of ether oxygens (including phenoxy) is 1. The van der Waals surface area contributed by atoms with Gasteiger partial charge in [-0.05, 0) is 46.3 Å². The topological polar surface area (TPSA) is 35.2 Å². The van der Waals surface area contributed by atoms with Crippen molar-refractivity contribution in [3.63, 3.8) is 0 Å². The molecular formula is C11H10BrNOS. The van der Waals surface area contributed by atoms with Gasteiger partial charge >= 0.3 is 0 Å². The highest BCUT2D eigenvalue weighted by molar-refractivity contribution is 9.11. The van der Waals surface area contributed by atoms with E-state index in [4.69, 9.17) is 10.5 Å². The Hall–Kier alpha value is -1.000. The van der Waals surface area contributed by atoms with Crippen LogP contribution in [0.15, 0.2) is 34.1 Å². The van der Waals surface area contributed by atoms with Gasteiger partial charge in [0.05, 0.1) is 10.9 Å². The van der Waals surface area contributed by atoms with Crippen LogP contribution in [0.25, 0.3) is 10.4 Å². The predicted octanol–water partition coefficient (Wildman–Crippen LogP) is 3.77. The third kappa shape index (κ3) is 2.16. The van der Waals surface area contributed by atoms with Crippen molar-refractivity contribution in [2.75, 3.05) is 12.8 Å². The summed E-state index contributed by atoms with van der Waals surface area (Å²) in [5.74, 6) is 0.846. The molecule has 2 rings (SSSR count). The minimum Gasteiger partial charge on any atom is -0.496 e. The number of nitrogen functional groups attached to an aromatic ring is 1. The number of rotatable bonds is 2. The first-order chi connectivity index (χ1) is 7.20. The number of hydrogen-bond donors (Lipinski definition) is 1. The molecule has 0 fully saturated rings. The normalized spacial score (nSPS) is 10.3. The third-order valence-corrected chi connectivity index (χ3v) is 3.72. The second kappa shape index (κ2) is 4.24. The summed E-state index contributed by atoms with van der Waals surface area (Å²) in [6, 6.07) is 9.72. The van der Waals surface area contributed by atoms with Crippen LogP contribution < -0.4 is 10.5 Å². The Balaban J connectivity index is 2.55. The molecule has 1 aromatic carbocycles. The van der Waals surface area contributed by atoms with Gasteiger partial charge in [-0.3, -0.25) is 0 Å². The fourth-order valence-electron chi connectivity index (χ4n) is 1.38. The van der Waals surface area contributed by atoms with Crippen molar-refractivity contribution < 1.29 is 4.74 Å². The van der Waals surface area contributed by atoms with Gasteiger partial charge in [0.15, 0.2) is 0 Å². The van der Waals surface area contributed by atoms with E-state index in [1.54, 1.807) is 18.4 Å². The van der Waals surface area contributed by atoms with Gasteiger partial charge in [0.25, 0.3) is 0 Å². The monoisotopic (exact) mass is 283 g/mol. The largest absolute Gasteiger partial charge is 0.496 e. The van der Waals surface area contributed by atoms with E-state index in [9.17, 15) is 0 Å². The van der Waals surface area contributed by atoms with Crippen molar-refractivity contribution in [2.24, 2.45) is 0 Å². The Morgan fingerprint density at radius 3 is 2.67 bits per heavy atom. The highest BCUT2D eigenvalue weighted by atomic mass is 79.9. The number of nitrogens with two attached hydrogens (primary N) is 1. The molecule has 0 aliphatic rings. The van der Waals surface area contributed by atoms with Crippen LogP contribution in [0.5, 0.6) is 5.75 Å². The predicted molar refractivity (Wildman–Crippen MR) is 68.4 cm³/mol. The smallest absolute Gasteiger partial charge is 0.127 e. The molecule has 0 radical (unpaired) electrons. The van der Waals surface area contributed by atoms with E-state index in [2.05, 4.69) is 15.9 Å². The van der Waals surface area contributed by atoms with E-state index < -0.39 is 0 Å². The van der Waals surface area contributed by atoms with Crippen LogP contribution in [-0.2, 0) is 0 Å². The summed E-state index contributed by atoms with van der Waals surface area (Å²) in [6.07, 6.45) is 0. The molecule has 0 aliphatic carbocycles. The zero-order chi connectivity index (χ0) is 10.8. The minimum absolute atomic E-state index is 0.746. The summed E-state index contributed by atoms with van der Waals surface area (Å²) in [5.41, 5.74) is 7.54. The summed E-state index contributed by atoms with van der Waals surface area (Å²) in [6.45, 7) is 0. The average Bonchev–Trinajstić information content (AvgIpc) is 2.65. The molecule has 0 spiro atoms. The third-order valence-electron chi connectivity index (χ3n) is 2.06. The van der Waals surface area contributed by atoms with Gasteiger partial charge in [-0.1, -0.05) is 0 Å². The maximum absolute atomic E-state index is 5.76. The van der Waals surface area contributed by atoms with E-state index in [0.29, 0.717) is 0 Å². The van der Waals surface area contributed by atoms with E-state index in [0.717, 1.165) is 25.7 Å². The Bertz CT molecular complexity index is 481. The molecular weight excluding hydrogens is 274 g/mol. The number of anilines is 1. The van der Waals surface area contributed by atoms with Crippen LogP contribution in [0.1, 0.15) is 0 Å². The lowest BCUT2D eigenvalue weighted by atomic mass is 10.1. The molecule has 15 heavy (non-hydrogen) atoms. The van der Waals surface area contributed by atoms with E-state index in [1.165, 1.54) is 0 Å². The molecule has 2 nitrogen and oxygen atoms in total. The molecule has 0 aliphatic heterocycles. The molecule has 0 saturated carbocycles. The fourth-order valence-corrected chi connectivity index (χ4v) is 2.78. The molecule has 2 aromatic rings. The molecule has 2 N–H and O–H groups in total. The van der Waals surface area contributed by atoms with Gasteiger partial charge < -0.3 is 10.5 Å². The van der Waals surface area contributed by atoms with Crippen LogP contribution >= 0.6 is 27.3 Å². The minimum atomic E-state index is 0.746. The lowest BCUT2D eigenvalue weighted by Crippen LogP contribution is -1.89. The SMILES string of the molecule is COc1ccc(N)cc1-c1ccc(Br)s1. The average molecular weight is 284 g/mol. The first-order valence-corrected chi connectivity index (χ1v) is 6.01. The Morgan fingerprint density at radius 1 is 1.27 bits per heavy atom. The molecule has 1 heterocycles. The highest BCUT2D eigenvalue weighted by Crippen LogP contribution is 2.37. The Kier molecular flexibility index (Phi) is 2.98. The van der Waals surface area contributed by atoms with Crippen molar-refractivity contribution in [1.29, 1.82) is 0 Å². The Morgan fingerprint density at radius 2 is 2.07 bits per heavy atom. The first kappa shape index (κ1) is 10.5. The summed E-state index contributed by atoms with van der Waals surface area (Å²) in [5, 5.41) is 0. The van der Waals surface area contributed by atoms with Crippen LogP contribution in [0, 0.1) is 0 Å². The second-order valence-corrected chi connectivity index (χ2v) is 5.53. The van der Waals surface area contributed by atoms with E-state index in [-0.39, 0.29) is 0 Å². The van der Waals surface area contributed by atoms with Crippen molar-refractivity contribution >= 4 is 33.0 Å². The summed E-state index contributed by atoms with van der Waals surface area (Å²) >= 11 is 5.10. The molecule has 0 saturated heterocycles.